The van der Waals surface area contributed by atoms with Crippen LogP contribution < -0.4 is 5.32 Å². The van der Waals surface area contributed by atoms with E-state index in [4.69, 9.17) is 4.74 Å². The van der Waals surface area contributed by atoms with Gasteiger partial charge in [0.25, 0.3) is 0 Å². The zero-order chi connectivity index (χ0) is 13.3. The van der Waals surface area contributed by atoms with Gasteiger partial charge in [-0.15, -0.1) is 5.10 Å². The van der Waals surface area contributed by atoms with E-state index < -0.39 is 11.7 Å². The number of anilines is 1. The van der Waals surface area contributed by atoms with Crippen LogP contribution in [0.4, 0.5) is 10.6 Å². The van der Waals surface area contributed by atoms with Crippen LogP contribution in [-0.2, 0) is 4.74 Å². The molecule has 1 N–H and O–H groups in total. The van der Waals surface area contributed by atoms with Gasteiger partial charge < -0.3 is 4.74 Å². The molecule has 0 aliphatic rings. The van der Waals surface area contributed by atoms with E-state index in [1.54, 1.807) is 23.0 Å². The first-order chi connectivity index (χ1) is 8.37. The highest BCUT2D eigenvalue weighted by atomic mass is 127. The van der Waals surface area contributed by atoms with E-state index in [0.29, 0.717) is 11.5 Å². The van der Waals surface area contributed by atoms with Gasteiger partial charge in [0, 0.05) is 12.4 Å². The minimum Gasteiger partial charge on any atom is -0.444 e. The summed E-state index contributed by atoms with van der Waals surface area (Å²) in [6, 6.07) is 1.77. The molecule has 0 aromatic carbocycles. The fourth-order valence-corrected chi connectivity index (χ4v) is 1.97. The third-order valence-electron chi connectivity index (χ3n) is 1.96. The number of carbonyl (C=O) groups is 1. The number of halogens is 1. The van der Waals surface area contributed by atoms with Crippen LogP contribution in [0, 0.1) is 3.57 Å². The number of nitrogens with one attached hydrogen (secondary N) is 1. The quantitative estimate of drug-likeness (QED) is 0.794. The SMILES string of the molecule is CC(C)(C)OC(=O)Nc1nn2cccnc2c1I. The van der Waals surface area contributed by atoms with Crippen LogP contribution in [-0.4, -0.2) is 26.3 Å². The minimum absolute atomic E-state index is 0.448. The maximum absolute atomic E-state index is 11.7. The summed E-state index contributed by atoms with van der Waals surface area (Å²) in [5.41, 5.74) is 0.164. The van der Waals surface area contributed by atoms with Gasteiger partial charge in [0.15, 0.2) is 11.5 Å². The predicted octanol–water partition coefficient (Wildman–Crippen LogP) is 2.68. The molecular weight excluding hydrogens is 347 g/mol. The van der Waals surface area contributed by atoms with Gasteiger partial charge in [0.2, 0.25) is 0 Å². The smallest absolute Gasteiger partial charge is 0.413 e. The Labute approximate surface area is 118 Å². The second kappa shape index (κ2) is 4.71. The average Bonchev–Trinajstić information content (AvgIpc) is 2.54. The van der Waals surface area contributed by atoms with Crippen LogP contribution >= 0.6 is 22.6 Å². The first kappa shape index (κ1) is 13.1. The van der Waals surface area contributed by atoms with Crippen molar-refractivity contribution < 1.29 is 9.53 Å². The van der Waals surface area contributed by atoms with Crippen molar-refractivity contribution in [3.05, 3.63) is 22.0 Å². The number of fused-ring (bicyclic) bond motifs is 1. The lowest BCUT2D eigenvalue weighted by molar-refractivity contribution is 0.0635. The fourth-order valence-electron chi connectivity index (χ4n) is 1.34. The van der Waals surface area contributed by atoms with Gasteiger partial charge in [-0.2, -0.15) is 0 Å². The van der Waals surface area contributed by atoms with Crippen LogP contribution in [0.5, 0.6) is 0 Å². The Hall–Kier alpha value is -1.38. The van der Waals surface area contributed by atoms with Crippen molar-refractivity contribution in [2.75, 3.05) is 5.32 Å². The number of ether oxygens (including phenoxy) is 1. The maximum Gasteiger partial charge on any atom is 0.413 e. The molecule has 0 aliphatic heterocycles. The molecular formula is C11H13IN4O2. The topological polar surface area (TPSA) is 68.5 Å². The van der Waals surface area contributed by atoms with E-state index in [2.05, 4.69) is 38.0 Å². The standard InChI is InChI=1S/C11H13IN4O2/c1-11(2,3)18-10(17)14-8-7(12)9-13-5-4-6-16(9)15-8/h4-6H,1-3H3,(H,14,15,17). The number of amides is 1. The number of aromatic nitrogens is 3. The molecule has 0 atom stereocenters. The maximum atomic E-state index is 11.7. The van der Waals surface area contributed by atoms with Gasteiger partial charge in [-0.05, 0) is 49.4 Å². The molecule has 2 rings (SSSR count). The molecule has 2 heterocycles. The molecule has 2 aromatic heterocycles. The van der Waals surface area contributed by atoms with E-state index in [0.717, 1.165) is 3.57 Å². The van der Waals surface area contributed by atoms with Crippen LogP contribution in [0.3, 0.4) is 0 Å². The Balaban J connectivity index is 2.22. The van der Waals surface area contributed by atoms with Crippen LogP contribution in [0.2, 0.25) is 0 Å². The van der Waals surface area contributed by atoms with Crippen molar-refractivity contribution in [3.63, 3.8) is 0 Å². The molecule has 18 heavy (non-hydrogen) atoms. The highest BCUT2D eigenvalue weighted by Gasteiger charge is 2.19. The summed E-state index contributed by atoms with van der Waals surface area (Å²) < 4.78 is 7.55. The molecule has 96 valence electrons. The van der Waals surface area contributed by atoms with Crippen molar-refractivity contribution >= 4 is 40.1 Å². The molecule has 0 fully saturated rings. The van der Waals surface area contributed by atoms with E-state index in [1.807, 2.05) is 20.8 Å². The Bertz CT molecular complexity index is 588. The molecule has 7 heteroatoms. The van der Waals surface area contributed by atoms with Crippen molar-refractivity contribution in [1.29, 1.82) is 0 Å². The van der Waals surface area contributed by atoms with Gasteiger partial charge in [-0.3, -0.25) is 5.32 Å². The summed E-state index contributed by atoms with van der Waals surface area (Å²) in [5.74, 6) is 0.448. The normalized spacial score (nSPS) is 11.6. The largest absolute Gasteiger partial charge is 0.444 e. The molecule has 1 amide bonds. The zero-order valence-electron chi connectivity index (χ0n) is 10.3. The molecule has 0 saturated carbocycles. The van der Waals surface area contributed by atoms with Crippen LogP contribution in [0.15, 0.2) is 18.5 Å². The Morgan fingerprint density at radius 3 is 2.83 bits per heavy atom. The third-order valence-corrected chi connectivity index (χ3v) is 2.95. The molecule has 0 aliphatic carbocycles. The lowest BCUT2D eigenvalue weighted by Crippen LogP contribution is -2.27. The summed E-state index contributed by atoms with van der Waals surface area (Å²) in [5, 5.41) is 6.83. The first-order valence-corrected chi connectivity index (χ1v) is 6.43. The van der Waals surface area contributed by atoms with Crippen LogP contribution in [0.1, 0.15) is 20.8 Å². The lowest BCUT2D eigenvalue weighted by Gasteiger charge is -2.19. The fraction of sp³-hybridized carbons (Fsp3) is 0.364. The molecule has 6 nitrogen and oxygen atoms in total. The number of hydrogen-bond acceptors (Lipinski definition) is 4. The Morgan fingerprint density at radius 1 is 1.50 bits per heavy atom. The Morgan fingerprint density at radius 2 is 2.22 bits per heavy atom. The van der Waals surface area contributed by atoms with Crippen molar-refractivity contribution in [2.45, 2.75) is 26.4 Å². The molecule has 0 spiro atoms. The first-order valence-electron chi connectivity index (χ1n) is 5.36. The summed E-state index contributed by atoms with van der Waals surface area (Å²) in [7, 11) is 0. The summed E-state index contributed by atoms with van der Waals surface area (Å²) in [4.78, 5) is 15.8. The van der Waals surface area contributed by atoms with Gasteiger partial charge >= 0.3 is 6.09 Å². The monoisotopic (exact) mass is 360 g/mol. The average molecular weight is 360 g/mol. The zero-order valence-corrected chi connectivity index (χ0v) is 12.4. The highest BCUT2D eigenvalue weighted by Crippen LogP contribution is 2.21. The van der Waals surface area contributed by atoms with Crippen molar-refractivity contribution in [2.24, 2.45) is 0 Å². The molecule has 0 saturated heterocycles. The third kappa shape index (κ3) is 2.89. The van der Waals surface area contributed by atoms with Crippen molar-refractivity contribution in [1.82, 2.24) is 14.6 Å². The van der Waals surface area contributed by atoms with E-state index in [9.17, 15) is 4.79 Å². The van der Waals surface area contributed by atoms with Crippen molar-refractivity contribution in [3.8, 4) is 0 Å². The number of hydrogen-bond donors (Lipinski definition) is 1. The number of carbonyl (C=O) groups excluding carboxylic acids is 1. The Kier molecular flexibility index (Phi) is 3.42. The summed E-state index contributed by atoms with van der Waals surface area (Å²) in [6.07, 6.45) is 2.92. The van der Waals surface area contributed by atoms with Crippen LogP contribution in [0.25, 0.3) is 5.65 Å². The minimum atomic E-state index is -0.535. The second-order valence-electron chi connectivity index (χ2n) is 4.68. The van der Waals surface area contributed by atoms with E-state index in [-0.39, 0.29) is 0 Å². The second-order valence-corrected chi connectivity index (χ2v) is 5.76. The van der Waals surface area contributed by atoms with E-state index in [1.165, 1.54) is 0 Å². The van der Waals surface area contributed by atoms with Gasteiger partial charge in [0.05, 0.1) is 0 Å². The van der Waals surface area contributed by atoms with Gasteiger partial charge in [-0.1, -0.05) is 0 Å². The molecule has 0 bridgehead atoms. The highest BCUT2D eigenvalue weighted by molar-refractivity contribution is 14.1. The molecule has 0 radical (unpaired) electrons. The lowest BCUT2D eigenvalue weighted by atomic mass is 10.2. The van der Waals surface area contributed by atoms with E-state index >= 15 is 0 Å². The summed E-state index contributed by atoms with van der Waals surface area (Å²) in [6.45, 7) is 5.42. The summed E-state index contributed by atoms with van der Waals surface area (Å²) >= 11 is 2.09. The molecule has 0 unspecified atom stereocenters. The van der Waals surface area contributed by atoms with Gasteiger partial charge in [-0.25, -0.2) is 14.3 Å². The van der Waals surface area contributed by atoms with Gasteiger partial charge in [0.1, 0.15) is 9.17 Å². The molecule has 2 aromatic rings. The number of nitrogens with zero attached hydrogens (tertiary/aromatic N) is 3. The number of rotatable bonds is 1. The predicted molar refractivity (Wildman–Crippen MR) is 75.6 cm³/mol.